The second kappa shape index (κ2) is 5.86. The average molecular weight is 211 g/mol. The summed E-state index contributed by atoms with van der Waals surface area (Å²) in [7, 11) is 0. The number of nitrogens with zero attached hydrogens (tertiary/aromatic N) is 1. The molecule has 0 atom stereocenters. The van der Waals surface area contributed by atoms with Gasteiger partial charge in [-0.05, 0) is 19.4 Å². The van der Waals surface area contributed by atoms with Crippen molar-refractivity contribution in [3.63, 3.8) is 0 Å². The van der Waals surface area contributed by atoms with Gasteiger partial charge in [-0.1, -0.05) is 6.08 Å². The number of ether oxygens (including phenoxy) is 3. The third kappa shape index (κ3) is 4.93. The Balaban J connectivity index is 2.17. The lowest BCUT2D eigenvalue weighted by atomic mass is 10.2. The highest BCUT2D eigenvalue weighted by Gasteiger charge is 2.24. The standard InChI is InChI=1S/C11H17NO3/c1-11(2)14-8-10(9-15-11)4-7-13-6-3-5-12/h4H,3,6-9H2,1-2H3. The zero-order chi connectivity index (χ0) is 11.1. The van der Waals surface area contributed by atoms with E-state index in [4.69, 9.17) is 19.5 Å². The monoisotopic (exact) mass is 211 g/mol. The van der Waals surface area contributed by atoms with Gasteiger partial charge in [0.25, 0.3) is 0 Å². The van der Waals surface area contributed by atoms with Crippen molar-refractivity contribution in [2.24, 2.45) is 0 Å². The second-order valence-corrected chi connectivity index (χ2v) is 3.82. The van der Waals surface area contributed by atoms with Crippen LogP contribution in [-0.2, 0) is 14.2 Å². The smallest absolute Gasteiger partial charge is 0.163 e. The molecule has 4 nitrogen and oxygen atoms in total. The van der Waals surface area contributed by atoms with Crippen LogP contribution in [0.25, 0.3) is 0 Å². The van der Waals surface area contributed by atoms with Crippen molar-refractivity contribution in [1.82, 2.24) is 0 Å². The molecular weight excluding hydrogens is 194 g/mol. The highest BCUT2D eigenvalue weighted by atomic mass is 16.7. The SMILES string of the molecule is CC1(C)OCC(=CCOCCC#N)CO1. The largest absolute Gasteiger partial charge is 0.376 e. The van der Waals surface area contributed by atoms with Crippen molar-refractivity contribution in [1.29, 1.82) is 5.26 Å². The molecule has 0 radical (unpaired) electrons. The number of hydrogen-bond acceptors (Lipinski definition) is 4. The molecule has 1 rings (SSSR count). The average Bonchev–Trinajstić information content (AvgIpc) is 2.20. The lowest BCUT2D eigenvalue weighted by molar-refractivity contribution is -0.225. The Morgan fingerprint density at radius 3 is 2.73 bits per heavy atom. The van der Waals surface area contributed by atoms with Crippen LogP contribution >= 0.6 is 0 Å². The molecule has 0 aromatic heterocycles. The van der Waals surface area contributed by atoms with E-state index >= 15 is 0 Å². The van der Waals surface area contributed by atoms with Crippen LogP contribution in [0, 0.1) is 11.3 Å². The molecule has 0 N–H and O–H groups in total. The van der Waals surface area contributed by atoms with E-state index in [2.05, 4.69) is 0 Å². The maximum Gasteiger partial charge on any atom is 0.163 e. The quantitative estimate of drug-likeness (QED) is 0.524. The molecule has 0 spiro atoms. The Hall–Kier alpha value is -0.890. The van der Waals surface area contributed by atoms with Gasteiger partial charge in [0.1, 0.15) is 0 Å². The van der Waals surface area contributed by atoms with Crippen molar-refractivity contribution < 1.29 is 14.2 Å². The minimum absolute atomic E-state index is 0.434. The van der Waals surface area contributed by atoms with Gasteiger partial charge in [0.05, 0.1) is 38.9 Å². The minimum Gasteiger partial charge on any atom is -0.376 e. The van der Waals surface area contributed by atoms with Gasteiger partial charge in [-0.25, -0.2) is 0 Å². The van der Waals surface area contributed by atoms with E-state index in [0.717, 1.165) is 5.57 Å². The van der Waals surface area contributed by atoms with E-state index in [1.54, 1.807) is 0 Å². The van der Waals surface area contributed by atoms with Crippen LogP contribution < -0.4 is 0 Å². The summed E-state index contributed by atoms with van der Waals surface area (Å²) < 4.78 is 16.1. The van der Waals surface area contributed by atoms with E-state index in [9.17, 15) is 0 Å². The molecule has 1 heterocycles. The Labute approximate surface area is 90.4 Å². The fourth-order valence-corrected chi connectivity index (χ4v) is 1.11. The van der Waals surface area contributed by atoms with E-state index in [-0.39, 0.29) is 0 Å². The summed E-state index contributed by atoms with van der Waals surface area (Å²) in [6.45, 7) is 5.97. The first kappa shape index (κ1) is 12.2. The molecule has 0 amide bonds. The van der Waals surface area contributed by atoms with Crippen LogP contribution in [0.1, 0.15) is 20.3 Å². The molecule has 0 aromatic carbocycles. The molecule has 1 aliphatic heterocycles. The number of nitriles is 1. The van der Waals surface area contributed by atoms with Crippen molar-refractivity contribution in [3.05, 3.63) is 11.6 Å². The predicted molar refractivity (Wildman–Crippen MR) is 55.1 cm³/mol. The Bertz CT molecular complexity index is 253. The molecule has 0 unspecified atom stereocenters. The van der Waals surface area contributed by atoms with Crippen LogP contribution in [0.4, 0.5) is 0 Å². The third-order valence-electron chi connectivity index (χ3n) is 2.06. The summed E-state index contributed by atoms with van der Waals surface area (Å²) in [5.41, 5.74) is 1.09. The zero-order valence-electron chi connectivity index (χ0n) is 9.28. The van der Waals surface area contributed by atoms with Crippen LogP contribution in [0.15, 0.2) is 11.6 Å². The first-order valence-corrected chi connectivity index (χ1v) is 5.04. The Morgan fingerprint density at radius 2 is 2.13 bits per heavy atom. The molecule has 0 saturated carbocycles. The van der Waals surface area contributed by atoms with Gasteiger partial charge in [-0.2, -0.15) is 5.26 Å². The highest BCUT2D eigenvalue weighted by molar-refractivity contribution is 5.05. The van der Waals surface area contributed by atoms with Gasteiger partial charge in [0, 0.05) is 0 Å². The lowest BCUT2D eigenvalue weighted by Crippen LogP contribution is -2.35. The first-order valence-electron chi connectivity index (χ1n) is 5.04. The lowest BCUT2D eigenvalue weighted by Gasteiger charge is -2.31. The molecular formula is C11H17NO3. The summed E-state index contributed by atoms with van der Waals surface area (Å²) >= 11 is 0. The first-order chi connectivity index (χ1) is 7.14. The van der Waals surface area contributed by atoms with Crippen molar-refractivity contribution >= 4 is 0 Å². The maximum absolute atomic E-state index is 8.29. The van der Waals surface area contributed by atoms with Crippen molar-refractivity contribution in [2.75, 3.05) is 26.4 Å². The molecule has 1 saturated heterocycles. The van der Waals surface area contributed by atoms with Gasteiger partial charge in [0.15, 0.2) is 5.79 Å². The van der Waals surface area contributed by atoms with E-state index in [0.29, 0.717) is 32.8 Å². The summed E-state index contributed by atoms with van der Waals surface area (Å²) in [5, 5.41) is 8.29. The zero-order valence-corrected chi connectivity index (χ0v) is 9.28. The van der Waals surface area contributed by atoms with E-state index in [1.165, 1.54) is 0 Å². The summed E-state index contributed by atoms with van der Waals surface area (Å²) in [5.74, 6) is -0.473. The van der Waals surface area contributed by atoms with Gasteiger partial charge in [-0.15, -0.1) is 0 Å². The van der Waals surface area contributed by atoms with Crippen LogP contribution in [0.2, 0.25) is 0 Å². The summed E-state index contributed by atoms with van der Waals surface area (Å²) in [6.07, 6.45) is 2.38. The fraction of sp³-hybridized carbons (Fsp3) is 0.727. The van der Waals surface area contributed by atoms with Crippen LogP contribution in [0.5, 0.6) is 0 Å². The van der Waals surface area contributed by atoms with Gasteiger partial charge in [0.2, 0.25) is 0 Å². The summed E-state index contributed by atoms with van der Waals surface area (Å²) in [6, 6.07) is 2.02. The fourth-order valence-electron chi connectivity index (χ4n) is 1.11. The van der Waals surface area contributed by atoms with Crippen molar-refractivity contribution in [3.8, 4) is 6.07 Å². The summed E-state index contributed by atoms with van der Waals surface area (Å²) in [4.78, 5) is 0. The molecule has 4 heteroatoms. The second-order valence-electron chi connectivity index (χ2n) is 3.82. The highest BCUT2D eigenvalue weighted by Crippen LogP contribution is 2.19. The van der Waals surface area contributed by atoms with Crippen molar-refractivity contribution in [2.45, 2.75) is 26.1 Å². The van der Waals surface area contributed by atoms with Crippen LogP contribution in [0.3, 0.4) is 0 Å². The molecule has 1 aliphatic rings. The Kier molecular flexibility index (Phi) is 4.76. The number of hydrogen-bond donors (Lipinski definition) is 0. The van der Waals surface area contributed by atoms with Crippen LogP contribution in [-0.4, -0.2) is 32.2 Å². The van der Waals surface area contributed by atoms with Gasteiger partial charge in [-0.3, -0.25) is 0 Å². The van der Waals surface area contributed by atoms with Gasteiger partial charge >= 0.3 is 0 Å². The molecule has 1 fully saturated rings. The van der Waals surface area contributed by atoms with Gasteiger partial charge < -0.3 is 14.2 Å². The normalized spacial score (nSPS) is 19.7. The topological polar surface area (TPSA) is 51.5 Å². The molecule has 84 valence electrons. The molecule has 0 aliphatic carbocycles. The number of rotatable bonds is 4. The molecule has 0 aromatic rings. The van der Waals surface area contributed by atoms with E-state index in [1.807, 2.05) is 26.0 Å². The Morgan fingerprint density at radius 1 is 1.47 bits per heavy atom. The maximum atomic E-state index is 8.29. The molecule has 0 bridgehead atoms. The third-order valence-corrected chi connectivity index (χ3v) is 2.06. The predicted octanol–water partition coefficient (Wildman–Crippen LogP) is 1.63. The minimum atomic E-state index is -0.473. The molecule has 15 heavy (non-hydrogen) atoms. The van der Waals surface area contributed by atoms with E-state index < -0.39 is 5.79 Å².